The smallest absolute Gasteiger partial charge is 0.255 e. The summed E-state index contributed by atoms with van der Waals surface area (Å²) < 4.78 is 0.974. The van der Waals surface area contributed by atoms with Gasteiger partial charge in [0.25, 0.3) is 5.91 Å². The zero-order valence-corrected chi connectivity index (χ0v) is 18.9. The van der Waals surface area contributed by atoms with Gasteiger partial charge in [0, 0.05) is 40.4 Å². The molecule has 5 nitrogen and oxygen atoms in total. The molecule has 0 saturated heterocycles. The van der Waals surface area contributed by atoms with Crippen LogP contribution in [0.25, 0.3) is 0 Å². The Hall–Kier alpha value is -2.25. The number of nitrogens with one attached hydrogen (secondary N) is 2. The highest BCUT2D eigenvalue weighted by atomic mass is 79.9. The molecule has 2 aromatic rings. The van der Waals surface area contributed by atoms with Gasteiger partial charge in [0.1, 0.15) is 11.6 Å². The highest BCUT2D eigenvalue weighted by Crippen LogP contribution is 2.48. The second kappa shape index (κ2) is 7.54. The molecule has 0 aromatic carbocycles. The lowest BCUT2D eigenvalue weighted by molar-refractivity contribution is -0.124. The van der Waals surface area contributed by atoms with Crippen LogP contribution >= 0.6 is 27.3 Å². The van der Waals surface area contributed by atoms with E-state index in [1.54, 1.807) is 29.7 Å². The van der Waals surface area contributed by atoms with Crippen LogP contribution in [0.15, 0.2) is 63.4 Å². The van der Waals surface area contributed by atoms with Gasteiger partial charge in [0.15, 0.2) is 0 Å². The Balaban J connectivity index is 1.81. The highest BCUT2D eigenvalue weighted by Gasteiger charge is 2.46. The van der Waals surface area contributed by atoms with Gasteiger partial charge >= 0.3 is 0 Å². The number of anilines is 1. The van der Waals surface area contributed by atoms with Crippen molar-refractivity contribution in [2.75, 3.05) is 5.32 Å². The summed E-state index contributed by atoms with van der Waals surface area (Å²) in [6, 6.07) is 9.33. The van der Waals surface area contributed by atoms with Gasteiger partial charge in [-0.3, -0.25) is 9.59 Å². The van der Waals surface area contributed by atoms with Crippen molar-refractivity contribution in [1.82, 2.24) is 10.3 Å². The van der Waals surface area contributed by atoms with Gasteiger partial charge in [0.2, 0.25) is 0 Å². The highest BCUT2D eigenvalue weighted by molar-refractivity contribution is 9.11. The first-order chi connectivity index (χ1) is 13.7. The normalized spacial score (nSPS) is 23.2. The fourth-order valence-electron chi connectivity index (χ4n) is 4.19. The number of carbonyl (C=O) groups excluding carboxylic acids is 2. The molecule has 2 aliphatic rings. The Bertz CT molecular complexity index is 1040. The number of aromatic nitrogens is 1. The molecule has 0 bridgehead atoms. The molecule has 1 aliphatic heterocycles. The number of amides is 1. The molecule has 0 fully saturated rings. The summed E-state index contributed by atoms with van der Waals surface area (Å²) in [6.07, 6.45) is 4.24. The molecule has 7 heteroatoms. The molecule has 1 amide bonds. The molecule has 2 unspecified atom stereocenters. The first kappa shape index (κ1) is 20.0. The van der Waals surface area contributed by atoms with Crippen LogP contribution in [-0.4, -0.2) is 16.7 Å². The number of nitrogens with zero attached hydrogens (tertiary/aromatic N) is 1. The number of rotatable bonds is 3. The third kappa shape index (κ3) is 3.94. The van der Waals surface area contributed by atoms with Crippen molar-refractivity contribution in [3.05, 3.63) is 68.2 Å². The number of halogens is 1. The van der Waals surface area contributed by atoms with E-state index >= 15 is 0 Å². The minimum Gasteiger partial charge on any atom is -0.362 e. The molecule has 150 valence electrons. The van der Waals surface area contributed by atoms with E-state index in [0.29, 0.717) is 17.8 Å². The maximum atomic E-state index is 13.3. The van der Waals surface area contributed by atoms with E-state index in [9.17, 15) is 9.59 Å². The number of thiophene rings is 1. The molecular formula is C22H22BrN3O2S. The Labute approximate surface area is 182 Å². The summed E-state index contributed by atoms with van der Waals surface area (Å²) in [5.74, 6) is -0.306. The fraction of sp³-hybridized carbons (Fsp3) is 0.318. The molecule has 0 spiro atoms. The number of Topliss-reactive ketones (excluding diaryl/α,β-unsaturated/α-hetero) is 1. The Morgan fingerprint density at radius 2 is 2.07 bits per heavy atom. The van der Waals surface area contributed by atoms with Gasteiger partial charge in [-0.2, -0.15) is 0 Å². The standard InChI is InChI=1S/C22H22BrN3O2S/c1-12-18(21(28)26-17-6-4-5-9-24-17)20(15-7-8-16(23)29-15)19-13(25-12)10-22(2,3)11-14(19)27/h4-10,19-20,25H,11H2,1-3H3,(H,24,26,28). The fourth-order valence-corrected chi connectivity index (χ4v) is 5.76. The molecule has 3 heterocycles. The van der Waals surface area contributed by atoms with Crippen molar-refractivity contribution < 1.29 is 9.59 Å². The van der Waals surface area contributed by atoms with Crippen LogP contribution < -0.4 is 10.6 Å². The number of hydrogen-bond donors (Lipinski definition) is 2. The third-order valence-electron chi connectivity index (χ3n) is 5.29. The molecule has 2 aromatic heterocycles. The maximum absolute atomic E-state index is 13.3. The number of ketones is 1. The Kier molecular flexibility index (Phi) is 5.21. The lowest BCUT2D eigenvalue weighted by Gasteiger charge is -2.41. The first-order valence-electron chi connectivity index (χ1n) is 9.46. The summed E-state index contributed by atoms with van der Waals surface area (Å²) in [7, 11) is 0. The van der Waals surface area contributed by atoms with E-state index in [2.05, 4.69) is 51.5 Å². The average Bonchev–Trinajstić information content (AvgIpc) is 3.06. The van der Waals surface area contributed by atoms with Crippen molar-refractivity contribution in [2.24, 2.45) is 11.3 Å². The van der Waals surface area contributed by atoms with Crippen LogP contribution in [0.2, 0.25) is 0 Å². The van der Waals surface area contributed by atoms with Crippen LogP contribution in [0.3, 0.4) is 0 Å². The van der Waals surface area contributed by atoms with E-state index in [4.69, 9.17) is 0 Å². The van der Waals surface area contributed by atoms with Gasteiger partial charge in [-0.05, 0) is 52.5 Å². The van der Waals surface area contributed by atoms with Gasteiger partial charge < -0.3 is 10.6 Å². The van der Waals surface area contributed by atoms with Crippen LogP contribution in [0.5, 0.6) is 0 Å². The molecule has 29 heavy (non-hydrogen) atoms. The second-order valence-electron chi connectivity index (χ2n) is 8.16. The molecule has 1 aliphatic carbocycles. The van der Waals surface area contributed by atoms with Gasteiger partial charge in [-0.1, -0.05) is 26.0 Å². The van der Waals surface area contributed by atoms with Crippen LogP contribution in [0.4, 0.5) is 5.82 Å². The number of allylic oxidation sites excluding steroid dienone is 3. The van der Waals surface area contributed by atoms with E-state index in [1.807, 2.05) is 25.1 Å². The van der Waals surface area contributed by atoms with Crippen molar-refractivity contribution in [1.29, 1.82) is 0 Å². The number of fused-ring (bicyclic) bond motifs is 1. The Morgan fingerprint density at radius 3 is 2.72 bits per heavy atom. The van der Waals surface area contributed by atoms with Crippen LogP contribution in [-0.2, 0) is 9.59 Å². The van der Waals surface area contributed by atoms with E-state index in [1.165, 1.54) is 0 Å². The van der Waals surface area contributed by atoms with E-state index < -0.39 is 0 Å². The van der Waals surface area contributed by atoms with Gasteiger partial charge in [0.05, 0.1) is 9.70 Å². The predicted molar refractivity (Wildman–Crippen MR) is 118 cm³/mol. The molecule has 0 radical (unpaired) electrons. The molecule has 0 saturated carbocycles. The van der Waals surface area contributed by atoms with Crippen molar-refractivity contribution in [2.45, 2.75) is 33.1 Å². The summed E-state index contributed by atoms with van der Waals surface area (Å²) in [6.45, 7) is 6.02. The molecular weight excluding hydrogens is 450 g/mol. The summed E-state index contributed by atoms with van der Waals surface area (Å²) in [4.78, 5) is 31.7. The van der Waals surface area contributed by atoms with Crippen LogP contribution in [0.1, 0.15) is 38.0 Å². The zero-order valence-electron chi connectivity index (χ0n) is 16.5. The molecule has 2 atom stereocenters. The van der Waals surface area contributed by atoms with Gasteiger partial charge in [-0.25, -0.2) is 4.98 Å². The minimum atomic E-state index is -0.387. The lowest BCUT2D eigenvalue weighted by Crippen LogP contribution is -2.44. The minimum absolute atomic E-state index is 0.158. The van der Waals surface area contributed by atoms with Crippen LogP contribution in [0, 0.1) is 11.3 Å². The number of hydrogen-bond acceptors (Lipinski definition) is 5. The number of carbonyl (C=O) groups is 2. The van der Waals surface area contributed by atoms with Crippen molar-refractivity contribution >= 4 is 44.8 Å². The summed E-state index contributed by atoms with van der Waals surface area (Å²) in [5.41, 5.74) is 2.04. The number of pyridine rings is 1. The topological polar surface area (TPSA) is 71.1 Å². The van der Waals surface area contributed by atoms with Gasteiger partial charge in [-0.15, -0.1) is 11.3 Å². The monoisotopic (exact) mass is 471 g/mol. The molecule has 2 N–H and O–H groups in total. The average molecular weight is 472 g/mol. The molecule has 4 rings (SSSR count). The first-order valence-corrected chi connectivity index (χ1v) is 11.1. The van der Waals surface area contributed by atoms with E-state index in [-0.39, 0.29) is 28.9 Å². The third-order valence-corrected chi connectivity index (χ3v) is 7.00. The van der Waals surface area contributed by atoms with Crippen molar-refractivity contribution in [3.8, 4) is 0 Å². The predicted octanol–water partition coefficient (Wildman–Crippen LogP) is 5.00. The summed E-state index contributed by atoms with van der Waals surface area (Å²) >= 11 is 5.08. The Morgan fingerprint density at radius 1 is 1.28 bits per heavy atom. The second-order valence-corrected chi connectivity index (χ2v) is 10.7. The quantitative estimate of drug-likeness (QED) is 0.660. The SMILES string of the molecule is CC1=C(C(=O)Nc2ccccn2)C(c2ccc(Br)s2)C2C(=O)CC(C)(C)C=C2N1. The summed E-state index contributed by atoms with van der Waals surface area (Å²) in [5, 5.41) is 6.25. The maximum Gasteiger partial charge on any atom is 0.255 e. The largest absolute Gasteiger partial charge is 0.362 e. The van der Waals surface area contributed by atoms with E-state index in [0.717, 1.165) is 20.1 Å². The zero-order chi connectivity index (χ0) is 20.8. The lowest BCUT2D eigenvalue weighted by atomic mass is 9.68. The van der Waals surface area contributed by atoms with Crippen molar-refractivity contribution in [3.63, 3.8) is 0 Å².